The highest BCUT2D eigenvalue weighted by Gasteiger charge is 2.28. The maximum absolute atomic E-state index is 12.0. The normalized spacial score (nSPS) is 12.5. The van der Waals surface area contributed by atoms with E-state index in [1.54, 1.807) is 45.2 Å². The first-order valence-corrected chi connectivity index (χ1v) is 8.36. The van der Waals surface area contributed by atoms with Crippen molar-refractivity contribution in [1.82, 2.24) is 4.98 Å². The molecule has 0 aliphatic rings. The molecule has 114 valence electrons. The third-order valence-corrected chi connectivity index (χ3v) is 5.88. The zero-order valence-corrected chi connectivity index (χ0v) is 13.3. The van der Waals surface area contributed by atoms with Gasteiger partial charge in [0.05, 0.1) is 10.5 Å². The molecule has 0 aliphatic carbocycles. The number of pyridine rings is 1. The third kappa shape index (κ3) is 3.26. The minimum atomic E-state index is -3.20. The lowest BCUT2D eigenvalue weighted by molar-refractivity contribution is 0.343. The van der Waals surface area contributed by atoms with Crippen LogP contribution in [0.25, 0.3) is 10.9 Å². The van der Waals surface area contributed by atoms with Gasteiger partial charge in [-0.1, -0.05) is 0 Å². The van der Waals surface area contributed by atoms with E-state index in [4.69, 9.17) is 10.5 Å². The second-order valence-corrected chi connectivity index (χ2v) is 8.69. The Morgan fingerprint density at radius 3 is 2.62 bits per heavy atom. The lowest BCUT2D eigenvalue weighted by atomic mass is 10.2. The number of nitrogen functional groups attached to an aromatic ring is 1. The molecule has 0 radical (unpaired) electrons. The number of aromatic nitrogens is 1. The number of nitrogens with two attached hydrogens (primary N) is 1. The van der Waals surface area contributed by atoms with Gasteiger partial charge < -0.3 is 10.5 Å². The lowest BCUT2D eigenvalue weighted by Gasteiger charge is -2.19. The molecule has 1 heterocycles. The average Bonchev–Trinajstić information content (AvgIpc) is 2.40. The summed E-state index contributed by atoms with van der Waals surface area (Å²) in [5.74, 6) is 0.513. The zero-order chi connectivity index (χ0) is 15.7. The summed E-state index contributed by atoms with van der Waals surface area (Å²) >= 11 is 0. The maximum Gasteiger partial charge on any atom is 0.158 e. The Kier molecular flexibility index (Phi) is 4.09. The van der Waals surface area contributed by atoms with Crippen LogP contribution in [0.3, 0.4) is 0 Å². The summed E-state index contributed by atoms with van der Waals surface area (Å²) in [5.41, 5.74) is 7.15. The van der Waals surface area contributed by atoms with E-state index in [1.165, 1.54) is 0 Å². The average molecular weight is 308 g/mol. The molecule has 5 nitrogen and oxygen atoms in total. The molecule has 1 aromatic heterocycles. The molecule has 0 aliphatic heterocycles. The van der Waals surface area contributed by atoms with Crippen molar-refractivity contribution in [2.75, 3.05) is 18.1 Å². The fourth-order valence-electron chi connectivity index (χ4n) is 1.85. The van der Waals surface area contributed by atoms with Crippen molar-refractivity contribution in [2.24, 2.45) is 0 Å². The van der Waals surface area contributed by atoms with E-state index in [0.29, 0.717) is 17.0 Å². The van der Waals surface area contributed by atoms with E-state index >= 15 is 0 Å². The Bertz CT molecular complexity index is 749. The van der Waals surface area contributed by atoms with Gasteiger partial charge >= 0.3 is 0 Å². The van der Waals surface area contributed by atoms with Crippen LogP contribution < -0.4 is 10.5 Å². The van der Waals surface area contributed by atoms with Crippen LogP contribution >= 0.6 is 0 Å². The third-order valence-electron chi connectivity index (χ3n) is 3.31. The Hall–Kier alpha value is -1.82. The van der Waals surface area contributed by atoms with E-state index in [9.17, 15) is 8.42 Å². The molecule has 2 N–H and O–H groups in total. The first-order valence-electron chi connectivity index (χ1n) is 6.71. The fourth-order valence-corrected chi connectivity index (χ4v) is 2.77. The summed E-state index contributed by atoms with van der Waals surface area (Å²) in [6, 6.07) is 7.11. The first kappa shape index (κ1) is 15.6. The van der Waals surface area contributed by atoms with Gasteiger partial charge in [0, 0.05) is 17.3 Å². The van der Waals surface area contributed by atoms with Crippen LogP contribution in [0.4, 0.5) is 5.69 Å². The van der Waals surface area contributed by atoms with Crippen molar-refractivity contribution in [3.63, 3.8) is 0 Å². The van der Waals surface area contributed by atoms with E-state index in [2.05, 4.69) is 4.98 Å². The van der Waals surface area contributed by atoms with Gasteiger partial charge in [0.1, 0.15) is 17.9 Å². The molecule has 0 bridgehead atoms. The molecule has 6 heteroatoms. The quantitative estimate of drug-likeness (QED) is 0.877. The number of hydrogen-bond donors (Lipinski definition) is 1. The fraction of sp³-hybridized carbons (Fsp3) is 0.400. The Morgan fingerprint density at radius 2 is 1.95 bits per heavy atom. The number of hydrogen-bond acceptors (Lipinski definition) is 5. The standard InChI is InChI=1S/C15H20N2O3S/c1-15(2,3)21(18,19)10-9-20-13-7-6-12(16)11-5-4-8-17-14(11)13/h4-8H,9-10,16H2,1-3H3. The van der Waals surface area contributed by atoms with Crippen LogP contribution in [0, 0.1) is 0 Å². The Balaban J connectivity index is 2.17. The molecule has 2 rings (SSSR count). The minimum Gasteiger partial charge on any atom is -0.490 e. The molecule has 0 atom stereocenters. The van der Waals surface area contributed by atoms with Crippen molar-refractivity contribution in [3.8, 4) is 5.75 Å². The number of ether oxygens (including phenoxy) is 1. The van der Waals surface area contributed by atoms with Crippen molar-refractivity contribution in [3.05, 3.63) is 30.5 Å². The molecule has 0 amide bonds. The van der Waals surface area contributed by atoms with Crippen LogP contribution in [0.5, 0.6) is 5.75 Å². The number of sulfone groups is 1. The second kappa shape index (κ2) is 5.52. The summed E-state index contributed by atoms with van der Waals surface area (Å²) in [6.45, 7) is 5.14. The predicted octanol–water partition coefficient (Wildman–Crippen LogP) is 2.41. The Labute approximate surface area is 125 Å². The Morgan fingerprint density at radius 1 is 1.24 bits per heavy atom. The van der Waals surface area contributed by atoms with Crippen molar-refractivity contribution < 1.29 is 13.2 Å². The van der Waals surface area contributed by atoms with Crippen molar-refractivity contribution in [2.45, 2.75) is 25.5 Å². The van der Waals surface area contributed by atoms with E-state index in [0.717, 1.165) is 5.39 Å². The van der Waals surface area contributed by atoms with Crippen molar-refractivity contribution >= 4 is 26.4 Å². The molecule has 21 heavy (non-hydrogen) atoms. The summed E-state index contributed by atoms with van der Waals surface area (Å²) < 4.78 is 28.9. The van der Waals surface area contributed by atoms with Gasteiger partial charge in [-0.2, -0.15) is 0 Å². The van der Waals surface area contributed by atoms with E-state index < -0.39 is 14.6 Å². The smallest absolute Gasteiger partial charge is 0.158 e. The first-order chi connectivity index (χ1) is 9.72. The molecule has 1 aromatic carbocycles. The monoisotopic (exact) mass is 308 g/mol. The molecule has 0 fully saturated rings. The van der Waals surface area contributed by atoms with Gasteiger partial charge in [-0.05, 0) is 45.0 Å². The van der Waals surface area contributed by atoms with E-state index in [1.807, 2.05) is 6.07 Å². The number of nitrogens with zero attached hydrogens (tertiary/aromatic N) is 1. The van der Waals surface area contributed by atoms with Crippen LogP contribution in [-0.2, 0) is 9.84 Å². The lowest BCUT2D eigenvalue weighted by Crippen LogP contribution is -2.32. The largest absolute Gasteiger partial charge is 0.490 e. The number of benzene rings is 1. The van der Waals surface area contributed by atoms with Crippen LogP contribution in [-0.4, -0.2) is 30.5 Å². The van der Waals surface area contributed by atoms with E-state index in [-0.39, 0.29) is 12.4 Å². The van der Waals surface area contributed by atoms with Gasteiger partial charge in [-0.25, -0.2) is 8.42 Å². The maximum atomic E-state index is 12.0. The number of fused-ring (bicyclic) bond motifs is 1. The van der Waals surface area contributed by atoms with Crippen LogP contribution in [0.1, 0.15) is 20.8 Å². The molecular formula is C15H20N2O3S. The number of anilines is 1. The molecule has 0 saturated heterocycles. The van der Waals surface area contributed by atoms with Crippen LogP contribution in [0.15, 0.2) is 30.5 Å². The summed E-state index contributed by atoms with van der Waals surface area (Å²) in [6.07, 6.45) is 1.65. The molecular weight excluding hydrogens is 288 g/mol. The summed E-state index contributed by atoms with van der Waals surface area (Å²) in [7, 11) is -3.20. The minimum absolute atomic E-state index is 0.0325. The molecule has 0 saturated carbocycles. The second-order valence-electron chi connectivity index (χ2n) is 5.83. The number of rotatable bonds is 4. The highest BCUT2D eigenvalue weighted by atomic mass is 32.2. The van der Waals surface area contributed by atoms with Crippen molar-refractivity contribution in [1.29, 1.82) is 0 Å². The molecule has 2 aromatic rings. The van der Waals surface area contributed by atoms with Gasteiger partial charge in [-0.15, -0.1) is 0 Å². The van der Waals surface area contributed by atoms with Gasteiger partial charge in [0.2, 0.25) is 0 Å². The molecule has 0 spiro atoms. The topological polar surface area (TPSA) is 82.3 Å². The van der Waals surface area contributed by atoms with Crippen LogP contribution in [0.2, 0.25) is 0 Å². The highest BCUT2D eigenvalue weighted by Crippen LogP contribution is 2.28. The summed E-state index contributed by atoms with van der Waals surface area (Å²) in [4.78, 5) is 4.25. The zero-order valence-electron chi connectivity index (χ0n) is 12.5. The van der Waals surface area contributed by atoms with Gasteiger partial charge in [0.25, 0.3) is 0 Å². The highest BCUT2D eigenvalue weighted by molar-refractivity contribution is 7.92. The van der Waals surface area contributed by atoms with Gasteiger partial charge in [-0.3, -0.25) is 4.98 Å². The SMILES string of the molecule is CC(C)(C)S(=O)(=O)CCOc1ccc(N)c2cccnc12. The molecule has 0 unspecified atom stereocenters. The van der Waals surface area contributed by atoms with Gasteiger partial charge in [0.15, 0.2) is 9.84 Å². The predicted molar refractivity (Wildman–Crippen MR) is 85.2 cm³/mol. The summed E-state index contributed by atoms with van der Waals surface area (Å²) in [5, 5.41) is 0.800.